The monoisotopic (exact) mass is 341 g/mol. The van der Waals surface area contributed by atoms with Crippen LogP contribution in [0.4, 0.5) is 0 Å². The van der Waals surface area contributed by atoms with Gasteiger partial charge in [-0.3, -0.25) is 4.79 Å². The average molecular weight is 341 g/mol. The summed E-state index contributed by atoms with van der Waals surface area (Å²) < 4.78 is 10.2. The van der Waals surface area contributed by atoms with Crippen LogP contribution in [0, 0.1) is 0 Å². The van der Waals surface area contributed by atoms with E-state index < -0.39 is 5.97 Å². The first-order valence-electron chi connectivity index (χ1n) is 8.23. The lowest BCUT2D eigenvalue weighted by Crippen LogP contribution is -2.31. The molecular weight excluding hydrogens is 318 g/mol. The van der Waals surface area contributed by atoms with Crippen molar-refractivity contribution in [3.05, 3.63) is 65.2 Å². The molecule has 2 aromatic carbocycles. The van der Waals surface area contributed by atoms with Gasteiger partial charge in [0.2, 0.25) is 0 Å². The fraction of sp³-hybridized carbons (Fsp3) is 0.300. The maximum absolute atomic E-state index is 12.0. The second-order valence-electron chi connectivity index (χ2n) is 5.69. The highest BCUT2D eigenvalue weighted by Crippen LogP contribution is 2.17. The van der Waals surface area contributed by atoms with Crippen molar-refractivity contribution < 1.29 is 19.1 Å². The van der Waals surface area contributed by atoms with E-state index in [1.807, 2.05) is 50.2 Å². The van der Waals surface area contributed by atoms with Gasteiger partial charge in [-0.1, -0.05) is 31.2 Å². The highest BCUT2D eigenvalue weighted by molar-refractivity contribution is 5.91. The first-order valence-corrected chi connectivity index (χ1v) is 8.23. The van der Waals surface area contributed by atoms with Crippen LogP contribution in [-0.4, -0.2) is 25.6 Å². The third kappa shape index (κ3) is 5.35. The largest absolute Gasteiger partial charge is 0.497 e. The number of hydrogen-bond acceptors (Lipinski definition) is 4. The lowest BCUT2D eigenvalue weighted by atomic mass is 10.1. The molecule has 0 spiro atoms. The highest BCUT2D eigenvalue weighted by Gasteiger charge is 2.13. The summed E-state index contributed by atoms with van der Waals surface area (Å²) in [5, 5.41) is 2.80. The summed E-state index contributed by atoms with van der Waals surface area (Å²) in [6.45, 7) is 3.60. The summed E-state index contributed by atoms with van der Waals surface area (Å²) in [6, 6.07) is 14.4. The standard InChI is InChI=1S/C20H23NO4/c1-4-15-5-7-17(8-6-15)20(23)25-13-19(22)21-14(2)16-9-11-18(24-3)12-10-16/h5-12,14H,4,13H2,1-3H3,(H,21,22)/t14-/m1/s1. The third-order valence-corrected chi connectivity index (χ3v) is 3.93. The minimum atomic E-state index is -0.505. The summed E-state index contributed by atoms with van der Waals surface area (Å²) >= 11 is 0. The maximum Gasteiger partial charge on any atom is 0.338 e. The number of benzene rings is 2. The van der Waals surface area contributed by atoms with E-state index in [0.29, 0.717) is 5.56 Å². The first-order chi connectivity index (χ1) is 12.0. The first kappa shape index (κ1) is 18.5. The number of aryl methyl sites for hydroxylation is 1. The third-order valence-electron chi connectivity index (χ3n) is 3.93. The van der Waals surface area contributed by atoms with Gasteiger partial charge in [0.25, 0.3) is 5.91 Å². The molecule has 0 saturated carbocycles. The molecule has 0 unspecified atom stereocenters. The molecule has 0 aliphatic carbocycles. The Labute approximate surface area is 148 Å². The minimum Gasteiger partial charge on any atom is -0.497 e. The van der Waals surface area contributed by atoms with Crippen LogP contribution in [0.5, 0.6) is 5.75 Å². The molecule has 132 valence electrons. The molecule has 1 amide bonds. The van der Waals surface area contributed by atoms with Crippen molar-refractivity contribution in [2.75, 3.05) is 13.7 Å². The fourth-order valence-electron chi connectivity index (χ4n) is 2.35. The van der Waals surface area contributed by atoms with Crippen LogP contribution < -0.4 is 10.1 Å². The number of carbonyl (C=O) groups is 2. The van der Waals surface area contributed by atoms with Crippen molar-refractivity contribution in [1.82, 2.24) is 5.32 Å². The topological polar surface area (TPSA) is 64.6 Å². The van der Waals surface area contributed by atoms with Gasteiger partial charge >= 0.3 is 5.97 Å². The second-order valence-corrected chi connectivity index (χ2v) is 5.69. The molecule has 0 heterocycles. The summed E-state index contributed by atoms with van der Waals surface area (Å²) in [5.41, 5.74) is 2.52. The Morgan fingerprint density at radius 3 is 2.24 bits per heavy atom. The molecule has 5 nitrogen and oxygen atoms in total. The Morgan fingerprint density at radius 1 is 1.04 bits per heavy atom. The molecule has 2 rings (SSSR count). The van der Waals surface area contributed by atoms with E-state index in [-0.39, 0.29) is 18.6 Å². The number of nitrogens with one attached hydrogen (secondary N) is 1. The average Bonchev–Trinajstić information content (AvgIpc) is 2.66. The maximum atomic E-state index is 12.0. The molecule has 0 saturated heterocycles. The number of amides is 1. The number of hydrogen-bond donors (Lipinski definition) is 1. The molecule has 0 aromatic heterocycles. The molecule has 1 N–H and O–H groups in total. The van der Waals surface area contributed by atoms with Crippen LogP contribution in [0.1, 0.15) is 41.4 Å². The van der Waals surface area contributed by atoms with E-state index in [2.05, 4.69) is 5.32 Å². The van der Waals surface area contributed by atoms with E-state index >= 15 is 0 Å². The highest BCUT2D eigenvalue weighted by atomic mass is 16.5. The van der Waals surface area contributed by atoms with Crippen molar-refractivity contribution in [2.24, 2.45) is 0 Å². The van der Waals surface area contributed by atoms with Crippen LogP contribution in [-0.2, 0) is 16.0 Å². The van der Waals surface area contributed by atoms with E-state index in [0.717, 1.165) is 23.3 Å². The smallest absolute Gasteiger partial charge is 0.338 e. The summed E-state index contributed by atoms with van der Waals surface area (Å²) in [6.07, 6.45) is 0.904. The molecule has 5 heteroatoms. The molecule has 0 aliphatic heterocycles. The Bertz CT molecular complexity index is 707. The number of carbonyl (C=O) groups excluding carboxylic acids is 2. The minimum absolute atomic E-state index is 0.194. The zero-order valence-electron chi connectivity index (χ0n) is 14.7. The summed E-state index contributed by atoms with van der Waals surface area (Å²) in [5.74, 6) is -0.0953. The van der Waals surface area contributed by atoms with E-state index in [9.17, 15) is 9.59 Å². The molecule has 0 fully saturated rings. The Hall–Kier alpha value is -2.82. The number of methoxy groups -OCH3 is 1. The van der Waals surface area contributed by atoms with Crippen LogP contribution in [0.25, 0.3) is 0 Å². The van der Waals surface area contributed by atoms with Crippen molar-refractivity contribution in [1.29, 1.82) is 0 Å². The summed E-state index contributed by atoms with van der Waals surface area (Å²) in [4.78, 5) is 23.9. The SMILES string of the molecule is CCc1ccc(C(=O)OCC(=O)N[C@H](C)c2ccc(OC)cc2)cc1. The van der Waals surface area contributed by atoms with Gasteiger partial charge in [0, 0.05) is 0 Å². The van der Waals surface area contributed by atoms with Gasteiger partial charge in [0.15, 0.2) is 6.61 Å². The van der Waals surface area contributed by atoms with E-state index in [4.69, 9.17) is 9.47 Å². The predicted molar refractivity (Wildman–Crippen MR) is 95.7 cm³/mol. The molecule has 0 bridgehead atoms. The van der Waals surface area contributed by atoms with Gasteiger partial charge in [-0.15, -0.1) is 0 Å². The van der Waals surface area contributed by atoms with Gasteiger partial charge in [-0.2, -0.15) is 0 Å². The van der Waals surface area contributed by atoms with Crippen molar-refractivity contribution in [3.8, 4) is 5.75 Å². The molecular formula is C20H23NO4. The Morgan fingerprint density at radius 2 is 1.68 bits per heavy atom. The predicted octanol–water partition coefficient (Wildman–Crippen LogP) is 3.29. The normalized spacial score (nSPS) is 11.5. The molecule has 25 heavy (non-hydrogen) atoms. The van der Waals surface area contributed by atoms with Crippen LogP contribution in [0.2, 0.25) is 0 Å². The molecule has 2 aromatic rings. The van der Waals surface area contributed by atoms with E-state index in [1.165, 1.54) is 0 Å². The van der Waals surface area contributed by atoms with Crippen LogP contribution >= 0.6 is 0 Å². The van der Waals surface area contributed by atoms with Crippen molar-refractivity contribution in [2.45, 2.75) is 26.3 Å². The number of ether oxygens (including phenoxy) is 2. The van der Waals surface area contributed by atoms with Crippen LogP contribution in [0.15, 0.2) is 48.5 Å². The van der Waals surface area contributed by atoms with Crippen LogP contribution in [0.3, 0.4) is 0 Å². The lowest BCUT2D eigenvalue weighted by molar-refractivity contribution is -0.124. The number of esters is 1. The van der Waals surface area contributed by atoms with Gasteiger partial charge in [-0.05, 0) is 48.7 Å². The lowest BCUT2D eigenvalue weighted by Gasteiger charge is -2.15. The van der Waals surface area contributed by atoms with Gasteiger partial charge in [0.1, 0.15) is 5.75 Å². The number of rotatable bonds is 7. The molecule has 0 radical (unpaired) electrons. The van der Waals surface area contributed by atoms with Crippen molar-refractivity contribution >= 4 is 11.9 Å². The summed E-state index contributed by atoms with van der Waals surface area (Å²) in [7, 11) is 1.60. The fourth-order valence-corrected chi connectivity index (χ4v) is 2.35. The molecule has 0 aliphatic rings. The Balaban J connectivity index is 1.83. The van der Waals surface area contributed by atoms with Gasteiger partial charge in [0.05, 0.1) is 18.7 Å². The second kappa shape index (κ2) is 8.87. The van der Waals surface area contributed by atoms with E-state index in [1.54, 1.807) is 19.2 Å². The Kier molecular flexibility index (Phi) is 6.57. The zero-order valence-corrected chi connectivity index (χ0v) is 14.7. The van der Waals surface area contributed by atoms with Crippen molar-refractivity contribution in [3.63, 3.8) is 0 Å². The quantitative estimate of drug-likeness (QED) is 0.785. The molecule has 1 atom stereocenters. The van der Waals surface area contributed by atoms with Gasteiger partial charge < -0.3 is 14.8 Å². The zero-order chi connectivity index (χ0) is 18.2. The van der Waals surface area contributed by atoms with Gasteiger partial charge in [-0.25, -0.2) is 4.79 Å².